The molecule has 1 heterocycles. The van der Waals surface area contributed by atoms with Crippen LogP contribution in [-0.4, -0.2) is 20.8 Å². The lowest BCUT2D eigenvalue weighted by atomic mass is 10.4. The topological polar surface area (TPSA) is 42.7 Å². The molecule has 1 aromatic heterocycles. The molecule has 13 heavy (non-hydrogen) atoms. The van der Waals surface area contributed by atoms with Gasteiger partial charge in [-0.25, -0.2) is 0 Å². The van der Waals surface area contributed by atoms with Gasteiger partial charge in [0, 0.05) is 19.5 Å². The fraction of sp³-hybridized carbons (Fsp3) is 0.778. The molecule has 0 atom stereocenters. The molecule has 0 saturated heterocycles. The van der Waals surface area contributed by atoms with E-state index in [0.717, 1.165) is 30.7 Å². The zero-order valence-electron chi connectivity index (χ0n) is 8.25. The predicted molar refractivity (Wildman–Crippen MR) is 50.2 cm³/mol. The summed E-state index contributed by atoms with van der Waals surface area (Å²) in [6.07, 6.45) is 3.59. The Morgan fingerprint density at radius 3 is 2.62 bits per heavy atom. The standard InChI is InChI=1S/C9H16N4/c1-3-8-11-12-9(13(8)2)6-10-7-4-5-7/h7,10H,3-6H2,1-2H3. The quantitative estimate of drug-likeness (QED) is 0.739. The minimum atomic E-state index is 0.738. The van der Waals surface area contributed by atoms with E-state index in [4.69, 9.17) is 0 Å². The van der Waals surface area contributed by atoms with Gasteiger partial charge < -0.3 is 9.88 Å². The fourth-order valence-corrected chi connectivity index (χ4v) is 1.38. The minimum Gasteiger partial charge on any atom is -0.317 e. The van der Waals surface area contributed by atoms with Crippen molar-refractivity contribution in [3.8, 4) is 0 Å². The third-order valence-corrected chi connectivity index (χ3v) is 2.50. The average Bonchev–Trinajstić information content (AvgIpc) is 2.89. The van der Waals surface area contributed by atoms with Crippen LogP contribution in [0, 0.1) is 0 Å². The smallest absolute Gasteiger partial charge is 0.146 e. The van der Waals surface area contributed by atoms with Crippen LogP contribution in [0.25, 0.3) is 0 Å². The van der Waals surface area contributed by atoms with Crippen LogP contribution in [0.1, 0.15) is 31.4 Å². The summed E-state index contributed by atoms with van der Waals surface area (Å²) >= 11 is 0. The maximum atomic E-state index is 4.14. The first kappa shape index (κ1) is 8.69. The number of rotatable bonds is 4. The normalized spacial score (nSPS) is 16.5. The lowest BCUT2D eigenvalue weighted by molar-refractivity contribution is 0.628. The molecule has 1 saturated carbocycles. The van der Waals surface area contributed by atoms with E-state index in [1.165, 1.54) is 12.8 Å². The second-order valence-corrected chi connectivity index (χ2v) is 3.60. The molecule has 1 aromatic rings. The van der Waals surface area contributed by atoms with Gasteiger partial charge in [-0.3, -0.25) is 0 Å². The Morgan fingerprint density at radius 2 is 2.08 bits per heavy atom. The van der Waals surface area contributed by atoms with E-state index in [1.807, 2.05) is 7.05 Å². The molecule has 1 aliphatic carbocycles. The fourth-order valence-electron chi connectivity index (χ4n) is 1.38. The molecule has 1 aliphatic rings. The Hall–Kier alpha value is -0.900. The Bertz CT molecular complexity index is 288. The summed E-state index contributed by atoms with van der Waals surface area (Å²) in [6.45, 7) is 2.95. The Labute approximate surface area is 78.4 Å². The molecule has 4 nitrogen and oxygen atoms in total. The molecule has 0 spiro atoms. The highest BCUT2D eigenvalue weighted by atomic mass is 15.3. The van der Waals surface area contributed by atoms with Gasteiger partial charge in [0.1, 0.15) is 11.6 Å². The van der Waals surface area contributed by atoms with E-state index in [1.54, 1.807) is 0 Å². The van der Waals surface area contributed by atoms with E-state index in [9.17, 15) is 0 Å². The van der Waals surface area contributed by atoms with E-state index in [-0.39, 0.29) is 0 Å². The van der Waals surface area contributed by atoms with Crippen molar-refractivity contribution in [3.63, 3.8) is 0 Å². The van der Waals surface area contributed by atoms with Gasteiger partial charge in [0.15, 0.2) is 0 Å². The maximum Gasteiger partial charge on any atom is 0.146 e. The lowest BCUT2D eigenvalue weighted by Crippen LogP contribution is -2.18. The first-order valence-electron chi connectivity index (χ1n) is 4.91. The number of hydrogen-bond acceptors (Lipinski definition) is 3. The van der Waals surface area contributed by atoms with Gasteiger partial charge in [-0.05, 0) is 12.8 Å². The van der Waals surface area contributed by atoms with E-state index < -0.39 is 0 Å². The number of nitrogens with zero attached hydrogens (tertiary/aromatic N) is 3. The molecule has 1 N–H and O–H groups in total. The summed E-state index contributed by atoms with van der Waals surface area (Å²) in [6, 6.07) is 0.738. The minimum absolute atomic E-state index is 0.738. The number of hydrogen-bond donors (Lipinski definition) is 1. The van der Waals surface area contributed by atoms with Crippen LogP contribution in [0.3, 0.4) is 0 Å². The largest absolute Gasteiger partial charge is 0.317 e. The molecular weight excluding hydrogens is 164 g/mol. The van der Waals surface area contributed by atoms with Crippen LogP contribution in [0.4, 0.5) is 0 Å². The SMILES string of the molecule is CCc1nnc(CNC2CC2)n1C. The molecule has 72 valence electrons. The third-order valence-electron chi connectivity index (χ3n) is 2.50. The van der Waals surface area contributed by atoms with Gasteiger partial charge in [-0.15, -0.1) is 10.2 Å². The molecule has 0 radical (unpaired) electrons. The average molecular weight is 180 g/mol. The molecule has 2 rings (SSSR count). The number of aromatic nitrogens is 3. The molecular formula is C9H16N4. The monoisotopic (exact) mass is 180 g/mol. The van der Waals surface area contributed by atoms with Crippen LogP contribution in [0.15, 0.2) is 0 Å². The van der Waals surface area contributed by atoms with E-state index >= 15 is 0 Å². The van der Waals surface area contributed by atoms with Crippen LogP contribution in [0.5, 0.6) is 0 Å². The summed E-state index contributed by atoms with van der Waals surface area (Å²) in [5.74, 6) is 2.11. The highest BCUT2D eigenvalue weighted by molar-refractivity contribution is 4.95. The molecule has 0 amide bonds. The lowest BCUT2D eigenvalue weighted by Gasteiger charge is -2.02. The van der Waals surface area contributed by atoms with Crippen LogP contribution >= 0.6 is 0 Å². The molecule has 0 unspecified atom stereocenters. The first-order chi connectivity index (χ1) is 6.31. The maximum absolute atomic E-state index is 4.14. The predicted octanol–water partition coefficient (Wildman–Crippen LogP) is 0.629. The number of aryl methyl sites for hydroxylation is 1. The summed E-state index contributed by atoms with van der Waals surface area (Å²) in [5.41, 5.74) is 0. The van der Waals surface area contributed by atoms with Crippen molar-refractivity contribution < 1.29 is 0 Å². The van der Waals surface area contributed by atoms with Gasteiger partial charge in [0.05, 0.1) is 6.54 Å². The summed E-state index contributed by atoms with van der Waals surface area (Å²) < 4.78 is 2.08. The molecule has 4 heteroatoms. The van der Waals surface area contributed by atoms with Crippen molar-refractivity contribution in [1.29, 1.82) is 0 Å². The Kier molecular flexibility index (Phi) is 2.31. The van der Waals surface area contributed by atoms with Crippen LogP contribution in [-0.2, 0) is 20.0 Å². The van der Waals surface area contributed by atoms with Gasteiger partial charge >= 0.3 is 0 Å². The van der Waals surface area contributed by atoms with Gasteiger partial charge in [0.2, 0.25) is 0 Å². The number of nitrogens with one attached hydrogen (secondary N) is 1. The molecule has 0 aromatic carbocycles. The summed E-state index contributed by atoms with van der Waals surface area (Å²) in [7, 11) is 2.03. The van der Waals surface area contributed by atoms with E-state index in [2.05, 4.69) is 27.0 Å². The zero-order valence-corrected chi connectivity index (χ0v) is 8.25. The highest BCUT2D eigenvalue weighted by Gasteiger charge is 2.21. The second-order valence-electron chi connectivity index (χ2n) is 3.60. The van der Waals surface area contributed by atoms with Crippen molar-refractivity contribution in [2.75, 3.05) is 0 Å². The van der Waals surface area contributed by atoms with Crippen molar-refractivity contribution in [1.82, 2.24) is 20.1 Å². The van der Waals surface area contributed by atoms with Crippen LogP contribution < -0.4 is 5.32 Å². The second kappa shape index (κ2) is 3.46. The molecule has 1 fully saturated rings. The molecule has 0 aliphatic heterocycles. The van der Waals surface area contributed by atoms with Crippen molar-refractivity contribution in [2.24, 2.45) is 7.05 Å². The summed E-state index contributed by atoms with van der Waals surface area (Å²) in [4.78, 5) is 0. The zero-order chi connectivity index (χ0) is 9.26. The summed E-state index contributed by atoms with van der Waals surface area (Å²) in [5, 5.41) is 11.7. The van der Waals surface area contributed by atoms with Crippen molar-refractivity contribution in [2.45, 2.75) is 38.8 Å². The van der Waals surface area contributed by atoms with Crippen molar-refractivity contribution >= 4 is 0 Å². The third kappa shape index (κ3) is 1.88. The van der Waals surface area contributed by atoms with Crippen molar-refractivity contribution in [3.05, 3.63) is 11.6 Å². The van der Waals surface area contributed by atoms with Gasteiger partial charge in [-0.1, -0.05) is 6.92 Å². The Morgan fingerprint density at radius 1 is 1.38 bits per heavy atom. The van der Waals surface area contributed by atoms with Gasteiger partial charge in [0.25, 0.3) is 0 Å². The highest BCUT2D eigenvalue weighted by Crippen LogP contribution is 2.18. The Balaban J connectivity index is 1.97. The van der Waals surface area contributed by atoms with Crippen LogP contribution in [0.2, 0.25) is 0 Å². The van der Waals surface area contributed by atoms with Gasteiger partial charge in [-0.2, -0.15) is 0 Å². The van der Waals surface area contributed by atoms with E-state index in [0.29, 0.717) is 0 Å². The molecule has 0 bridgehead atoms. The first-order valence-corrected chi connectivity index (χ1v) is 4.91.